The zero-order valence-corrected chi connectivity index (χ0v) is 17.8. The van der Waals surface area contributed by atoms with Crippen LogP contribution in [0.15, 0.2) is 53.4 Å². The summed E-state index contributed by atoms with van der Waals surface area (Å²) in [5.74, 6) is 0.707. The maximum atomic E-state index is 12.8. The average Bonchev–Trinajstić information content (AvgIpc) is 3.27. The lowest BCUT2D eigenvalue weighted by molar-refractivity contribution is 0.0773. The normalized spacial score (nSPS) is 15.9. The van der Waals surface area contributed by atoms with Crippen LogP contribution in [0.1, 0.15) is 47.4 Å². The van der Waals surface area contributed by atoms with Crippen LogP contribution in [0.4, 0.5) is 5.69 Å². The molecule has 0 radical (unpaired) electrons. The number of amides is 2. The van der Waals surface area contributed by atoms with Crippen molar-refractivity contribution in [3.8, 4) is 0 Å². The van der Waals surface area contributed by atoms with Crippen molar-refractivity contribution in [2.24, 2.45) is 0 Å². The zero-order chi connectivity index (χ0) is 20.6. The number of ether oxygens (including phenoxy) is 1. The predicted molar refractivity (Wildman–Crippen MR) is 118 cm³/mol. The SMILES string of the molecule is CCN(CC)C(=O)c1ccc(NC(=O)c2ccccc2SCC2CCCO2)cc1. The van der Waals surface area contributed by atoms with Crippen LogP contribution < -0.4 is 5.32 Å². The second kappa shape index (κ2) is 10.5. The van der Waals surface area contributed by atoms with Crippen LogP contribution in [-0.4, -0.2) is 48.3 Å². The summed E-state index contributed by atoms with van der Waals surface area (Å²) in [6.07, 6.45) is 2.46. The molecule has 3 rings (SSSR count). The smallest absolute Gasteiger partial charge is 0.256 e. The molecular formula is C23H28N2O3S. The molecule has 6 heteroatoms. The first-order valence-corrected chi connectivity index (χ1v) is 11.1. The molecule has 0 aliphatic carbocycles. The maximum Gasteiger partial charge on any atom is 0.256 e. The minimum absolute atomic E-state index is 0.00348. The van der Waals surface area contributed by atoms with E-state index in [-0.39, 0.29) is 17.9 Å². The summed E-state index contributed by atoms with van der Waals surface area (Å²) in [6, 6.07) is 14.7. The fourth-order valence-electron chi connectivity index (χ4n) is 3.33. The Morgan fingerprint density at radius 2 is 1.83 bits per heavy atom. The minimum atomic E-state index is -0.150. The van der Waals surface area contributed by atoms with Gasteiger partial charge < -0.3 is 15.0 Å². The number of carbonyl (C=O) groups is 2. The number of thioether (sulfide) groups is 1. The van der Waals surface area contributed by atoms with Gasteiger partial charge in [-0.1, -0.05) is 12.1 Å². The van der Waals surface area contributed by atoms with Crippen LogP contribution in [0.2, 0.25) is 0 Å². The van der Waals surface area contributed by atoms with Gasteiger partial charge in [0.1, 0.15) is 0 Å². The highest BCUT2D eigenvalue weighted by Crippen LogP contribution is 2.27. The Kier molecular flexibility index (Phi) is 7.72. The number of benzene rings is 2. The van der Waals surface area contributed by atoms with Gasteiger partial charge in [0.15, 0.2) is 0 Å². The molecule has 0 aromatic heterocycles. The fraction of sp³-hybridized carbons (Fsp3) is 0.391. The largest absolute Gasteiger partial charge is 0.377 e. The van der Waals surface area contributed by atoms with Gasteiger partial charge in [0.2, 0.25) is 0 Å². The Labute approximate surface area is 176 Å². The van der Waals surface area contributed by atoms with E-state index in [9.17, 15) is 9.59 Å². The van der Waals surface area contributed by atoms with Crippen LogP contribution in [-0.2, 0) is 4.74 Å². The Morgan fingerprint density at radius 3 is 2.48 bits per heavy atom. The molecule has 2 aromatic carbocycles. The first-order valence-electron chi connectivity index (χ1n) is 10.2. The summed E-state index contributed by atoms with van der Waals surface area (Å²) in [4.78, 5) is 28.0. The van der Waals surface area contributed by atoms with E-state index < -0.39 is 0 Å². The minimum Gasteiger partial charge on any atom is -0.377 e. The predicted octanol–water partition coefficient (Wildman–Crippen LogP) is 4.69. The van der Waals surface area contributed by atoms with E-state index in [0.717, 1.165) is 30.1 Å². The molecule has 2 amide bonds. The maximum absolute atomic E-state index is 12.8. The van der Waals surface area contributed by atoms with E-state index in [1.54, 1.807) is 40.9 Å². The lowest BCUT2D eigenvalue weighted by Crippen LogP contribution is -2.30. The average molecular weight is 413 g/mol. The molecule has 0 spiro atoms. The Hall–Kier alpha value is -2.31. The highest BCUT2D eigenvalue weighted by Gasteiger charge is 2.18. The Bertz CT molecular complexity index is 828. The molecule has 0 bridgehead atoms. The summed E-state index contributed by atoms with van der Waals surface area (Å²) < 4.78 is 5.68. The molecule has 0 saturated carbocycles. The third kappa shape index (κ3) is 5.61. The molecule has 1 N–H and O–H groups in total. The van der Waals surface area contributed by atoms with Crippen LogP contribution in [0.5, 0.6) is 0 Å². The third-order valence-corrected chi connectivity index (χ3v) is 6.23. The number of hydrogen-bond donors (Lipinski definition) is 1. The van der Waals surface area contributed by atoms with Crippen molar-refractivity contribution >= 4 is 29.3 Å². The molecule has 1 aliphatic rings. The second-order valence-electron chi connectivity index (χ2n) is 6.95. The summed E-state index contributed by atoms with van der Waals surface area (Å²) in [6.45, 7) is 6.11. The van der Waals surface area contributed by atoms with Crippen molar-refractivity contribution in [2.75, 3.05) is 30.8 Å². The molecule has 1 aliphatic heterocycles. The van der Waals surface area contributed by atoms with Crippen molar-refractivity contribution in [3.05, 3.63) is 59.7 Å². The van der Waals surface area contributed by atoms with E-state index in [1.165, 1.54) is 0 Å². The molecule has 1 heterocycles. The summed E-state index contributed by atoms with van der Waals surface area (Å²) in [5, 5.41) is 2.94. The summed E-state index contributed by atoms with van der Waals surface area (Å²) in [5.41, 5.74) is 1.95. The van der Waals surface area contributed by atoms with E-state index in [4.69, 9.17) is 4.74 Å². The molecule has 1 atom stereocenters. The van der Waals surface area contributed by atoms with Crippen LogP contribution in [0, 0.1) is 0 Å². The zero-order valence-electron chi connectivity index (χ0n) is 17.0. The summed E-state index contributed by atoms with van der Waals surface area (Å²) >= 11 is 1.66. The highest BCUT2D eigenvalue weighted by atomic mass is 32.2. The number of rotatable bonds is 8. The Morgan fingerprint density at radius 1 is 1.10 bits per heavy atom. The van der Waals surface area contributed by atoms with Crippen molar-refractivity contribution in [3.63, 3.8) is 0 Å². The van der Waals surface area contributed by atoms with Crippen molar-refractivity contribution in [1.29, 1.82) is 0 Å². The van der Waals surface area contributed by atoms with Gasteiger partial charge in [-0.2, -0.15) is 0 Å². The first kappa shape index (κ1) is 21.4. The van der Waals surface area contributed by atoms with E-state index in [0.29, 0.717) is 29.9 Å². The molecule has 1 fully saturated rings. The van der Waals surface area contributed by atoms with Gasteiger partial charge in [-0.15, -0.1) is 11.8 Å². The van der Waals surface area contributed by atoms with Gasteiger partial charge in [0.25, 0.3) is 11.8 Å². The van der Waals surface area contributed by atoms with Gasteiger partial charge >= 0.3 is 0 Å². The summed E-state index contributed by atoms with van der Waals surface area (Å²) in [7, 11) is 0. The quantitative estimate of drug-likeness (QED) is 0.639. The molecule has 5 nitrogen and oxygen atoms in total. The second-order valence-corrected chi connectivity index (χ2v) is 8.01. The third-order valence-electron chi connectivity index (χ3n) is 5.02. The van der Waals surface area contributed by atoms with E-state index in [2.05, 4.69) is 5.32 Å². The number of nitrogens with zero attached hydrogens (tertiary/aromatic N) is 1. The standard InChI is InChI=1S/C23H28N2O3S/c1-3-25(4-2)23(27)17-11-13-18(14-12-17)24-22(26)20-9-5-6-10-21(20)29-16-19-8-7-15-28-19/h5-6,9-14,19H,3-4,7-8,15-16H2,1-2H3,(H,24,26). The molecule has 2 aromatic rings. The van der Waals surface area contributed by atoms with Gasteiger partial charge in [0, 0.05) is 41.6 Å². The fourth-order valence-corrected chi connectivity index (χ4v) is 4.45. The molecule has 1 unspecified atom stereocenters. The van der Waals surface area contributed by atoms with Crippen LogP contribution >= 0.6 is 11.8 Å². The number of anilines is 1. The number of carbonyl (C=O) groups excluding carboxylic acids is 2. The van der Waals surface area contributed by atoms with Crippen LogP contribution in [0.3, 0.4) is 0 Å². The van der Waals surface area contributed by atoms with Crippen molar-refractivity contribution in [1.82, 2.24) is 4.90 Å². The van der Waals surface area contributed by atoms with E-state index >= 15 is 0 Å². The molecular weight excluding hydrogens is 384 g/mol. The molecule has 154 valence electrons. The van der Waals surface area contributed by atoms with Gasteiger partial charge in [-0.25, -0.2) is 0 Å². The Balaban J connectivity index is 1.65. The molecule has 1 saturated heterocycles. The van der Waals surface area contributed by atoms with E-state index in [1.807, 2.05) is 38.1 Å². The first-order chi connectivity index (χ1) is 14.1. The topological polar surface area (TPSA) is 58.6 Å². The molecule has 29 heavy (non-hydrogen) atoms. The monoisotopic (exact) mass is 412 g/mol. The van der Waals surface area contributed by atoms with Gasteiger partial charge in [0.05, 0.1) is 11.7 Å². The number of nitrogens with one attached hydrogen (secondary N) is 1. The highest BCUT2D eigenvalue weighted by molar-refractivity contribution is 7.99. The van der Waals surface area contributed by atoms with Crippen molar-refractivity contribution < 1.29 is 14.3 Å². The van der Waals surface area contributed by atoms with Gasteiger partial charge in [-0.3, -0.25) is 9.59 Å². The lowest BCUT2D eigenvalue weighted by Gasteiger charge is -2.18. The number of hydrogen-bond acceptors (Lipinski definition) is 4. The lowest BCUT2D eigenvalue weighted by atomic mass is 10.1. The van der Waals surface area contributed by atoms with Gasteiger partial charge in [-0.05, 0) is 63.1 Å². The van der Waals surface area contributed by atoms with Crippen LogP contribution in [0.25, 0.3) is 0 Å². The van der Waals surface area contributed by atoms with Crippen molar-refractivity contribution in [2.45, 2.75) is 37.7 Å².